The lowest BCUT2D eigenvalue weighted by Gasteiger charge is -2.10. The summed E-state index contributed by atoms with van der Waals surface area (Å²) in [6.07, 6.45) is 0. The number of amides is 2. The summed E-state index contributed by atoms with van der Waals surface area (Å²) in [6.45, 7) is 3.64. The van der Waals surface area contributed by atoms with Crippen molar-refractivity contribution in [1.29, 1.82) is 0 Å². The molecule has 3 aromatic rings. The predicted molar refractivity (Wildman–Crippen MR) is 93.2 cm³/mol. The molecule has 2 aromatic carbocycles. The molecule has 1 aromatic heterocycles. The molecule has 0 aliphatic rings. The summed E-state index contributed by atoms with van der Waals surface area (Å²) in [5.74, 6) is -0.239. The van der Waals surface area contributed by atoms with Crippen LogP contribution in [0.15, 0.2) is 52.9 Å². The Morgan fingerprint density at radius 1 is 1.04 bits per heavy atom. The van der Waals surface area contributed by atoms with Gasteiger partial charge < -0.3 is 9.15 Å². The van der Waals surface area contributed by atoms with Crippen molar-refractivity contribution in [2.75, 3.05) is 6.61 Å². The maximum Gasteiger partial charge on any atom is 0.305 e. The Hall–Kier alpha value is -3.28. The number of fused-ring (bicyclic) bond motifs is 1. The largest absolute Gasteiger partial charge is 0.483 e. The van der Waals surface area contributed by atoms with E-state index in [1.165, 1.54) is 0 Å². The number of aryl methyl sites for hydroxylation is 2. The van der Waals surface area contributed by atoms with Gasteiger partial charge in [0, 0.05) is 5.39 Å². The highest BCUT2D eigenvalue weighted by Gasteiger charge is 2.13. The Bertz CT molecular complexity index is 897. The molecule has 6 heteroatoms. The quantitative estimate of drug-likeness (QED) is 0.717. The van der Waals surface area contributed by atoms with Crippen molar-refractivity contribution in [3.05, 3.63) is 65.4 Å². The second-order valence-electron chi connectivity index (χ2n) is 5.71. The molecule has 2 N–H and O–H groups in total. The molecule has 0 bridgehead atoms. The highest BCUT2D eigenvalue weighted by molar-refractivity contribution is 5.97. The zero-order valence-corrected chi connectivity index (χ0v) is 14.0. The van der Waals surface area contributed by atoms with Gasteiger partial charge in [0.1, 0.15) is 11.3 Å². The fraction of sp³-hybridized carbons (Fsp3) is 0.158. The van der Waals surface area contributed by atoms with Crippen LogP contribution in [0, 0.1) is 13.8 Å². The first-order valence-corrected chi connectivity index (χ1v) is 7.81. The van der Waals surface area contributed by atoms with Gasteiger partial charge >= 0.3 is 5.91 Å². The molecule has 0 aliphatic carbocycles. The van der Waals surface area contributed by atoms with Crippen molar-refractivity contribution in [2.24, 2.45) is 0 Å². The van der Waals surface area contributed by atoms with Gasteiger partial charge in [0.25, 0.3) is 5.91 Å². The van der Waals surface area contributed by atoms with Crippen LogP contribution in [0.25, 0.3) is 11.0 Å². The fourth-order valence-corrected chi connectivity index (χ4v) is 2.32. The molecule has 0 radical (unpaired) electrons. The van der Waals surface area contributed by atoms with Crippen LogP contribution in [0.3, 0.4) is 0 Å². The highest BCUT2D eigenvalue weighted by Crippen LogP contribution is 2.19. The zero-order chi connectivity index (χ0) is 17.8. The molecule has 0 atom stereocenters. The van der Waals surface area contributed by atoms with Gasteiger partial charge in [-0.3, -0.25) is 20.4 Å². The lowest BCUT2D eigenvalue weighted by atomic mass is 10.1. The summed E-state index contributed by atoms with van der Waals surface area (Å²) in [5, 5.41) is 0.817. The molecule has 128 valence electrons. The van der Waals surface area contributed by atoms with E-state index in [0.29, 0.717) is 11.3 Å². The van der Waals surface area contributed by atoms with Crippen LogP contribution in [-0.4, -0.2) is 18.4 Å². The summed E-state index contributed by atoms with van der Waals surface area (Å²) in [5.41, 5.74) is 7.20. The minimum absolute atomic E-state index is 0.122. The Morgan fingerprint density at radius 2 is 1.84 bits per heavy atom. The van der Waals surface area contributed by atoms with E-state index in [0.717, 1.165) is 16.5 Å². The summed E-state index contributed by atoms with van der Waals surface area (Å²) >= 11 is 0. The first-order chi connectivity index (χ1) is 12.0. The van der Waals surface area contributed by atoms with E-state index >= 15 is 0 Å². The molecule has 0 unspecified atom stereocenters. The van der Waals surface area contributed by atoms with E-state index in [4.69, 9.17) is 9.15 Å². The average Bonchev–Trinajstić information content (AvgIpc) is 3.04. The van der Waals surface area contributed by atoms with Crippen LogP contribution in [0.1, 0.15) is 21.7 Å². The molecule has 6 nitrogen and oxygen atoms in total. The molecule has 0 fully saturated rings. The minimum atomic E-state index is -0.531. The molecule has 3 rings (SSSR count). The van der Waals surface area contributed by atoms with Gasteiger partial charge in [0.15, 0.2) is 12.4 Å². The highest BCUT2D eigenvalue weighted by atomic mass is 16.5. The Labute approximate surface area is 144 Å². The maximum atomic E-state index is 12.0. The normalized spacial score (nSPS) is 10.5. The maximum absolute atomic E-state index is 12.0. The number of rotatable bonds is 4. The standard InChI is InChI=1S/C19H18N2O4/c1-12-7-8-13(2)16(9-12)24-11-18(22)20-21-19(23)17-10-14-5-3-4-6-15(14)25-17/h3-10H,11H2,1-2H3,(H,20,22)(H,21,23). The third kappa shape index (κ3) is 3.98. The number of furan rings is 1. The number of carbonyl (C=O) groups excluding carboxylic acids is 2. The molecule has 0 saturated heterocycles. The molecule has 25 heavy (non-hydrogen) atoms. The number of hydrogen-bond donors (Lipinski definition) is 2. The summed E-state index contributed by atoms with van der Waals surface area (Å²) in [4.78, 5) is 23.9. The lowest BCUT2D eigenvalue weighted by molar-refractivity contribution is -0.123. The van der Waals surface area contributed by atoms with Gasteiger partial charge in [-0.2, -0.15) is 0 Å². The topological polar surface area (TPSA) is 80.6 Å². The van der Waals surface area contributed by atoms with Gasteiger partial charge in [-0.1, -0.05) is 30.3 Å². The van der Waals surface area contributed by atoms with E-state index in [-0.39, 0.29) is 12.4 Å². The molecular weight excluding hydrogens is 320 g/mol. The van der Waals surface area contributed by atoms with Gasteiger partial charge in [-0.15, -0.1) is 0 Å². The van der Waals surface area contributed by atoms with Gasteiger partial charge in [0.05, 0.1) is 0 Å². The van der Waals surface area contributed by atoms with Crippen molar-refractivity contribution in [1.82, 2.24) is 10.9 Å². The Kier molecular flexibility index (Phi) is 4.70. The SMILES string of the molecule is Cc1ccc(C)c(OCC(=O)NNC(=O)c2cc3ccccc3o2)c1. The van der Waals surface area contributed by atoms with Crippen LogP contribution in [0.4, 0.5) is 0 Å². The zero-order valence-electron chi connectivity index (χ0n) is 14.0. The summed E-state index contributed by atoms with van der Waals surface area (Å²) < 4.78 is 10.9. The van der Waals surface area contributed by atoms with Crippen molar-refractivity contribution in [3.63, 3.8) is 0 Å². The Balaban J connectivity index is 1.53. The third-order valence-electron chi connectivity index (χ3n) is 3.67. The summed E-state index contributed by atoms with van der Waals surface area (Å²) in [7, 11) is 0. The van der Waals surface area contributed by atoms with Gasteiger partial charge in [-0.25, -0.2) is 0 Å². The molecule has 0 saturated carbocycles. The number of hydrazine groups is 1. The first kappa shape index (κ1) is 16.6. The smallest absolute Gasteiger partial charge is 0.305 e. The number of benzene rings is 2. The van der Waals surface area contributed by atoms with E-state index in [1.54, 1.807) is 12.1 Å². The van der Waals surface area contributed by atoms with Crippen molar-refractivity contribution < 1.29 is 18.7 Å². The van der Waals surface area contributed by atoms with Crippen LogP contribution in [-0.2, 0) is 4.79 Å². The van der Waals surface area contributed by atoms with Crippen LogP contribution in [0.2, 0.25) is 0 Å². The van der Waals surface area contributed by atoms with E-state index in [1.807, 2.05) is 50.2 Å². The van der Waals surface area contributed by atoms with E-state index in [2.05, 4.69) is 10.9 Å². The van der Waals surface area contributed by atoms with Crippen molar-refractivity contribution in [2.45, 2.75) is 13.8 Å². The van der Waals surface area contributed by atoms with Crippen molar-refractivity contribution in [3.8, 4) is 5.75 Å². The number of carbonyl (C=O) groups is 2. The summed E-state index contributed by atoms with van der Waals surface area (Å²) in [6, 6.07) is 14.6. The van der Waals surface area contributed by atoms with Crippen LogP contribution < -0.4 is 15.6 Å². The number of hydrogen-bond acceptors (Lipinski definition) is 4. The second-order valence-corrected chi connectivity index (χ2v) is 5.71. The molecule has 1 heterocycles. The van der Waals surface area contributed by atoms with E-state index in [9.17, 15) is 9.59 Å². The van der Waals surface area contributed by atoms with Crippen LogP contribution >= 0.6 is 0 Å². The number of para-hydroxylation sites is 1. The molecule has 2 amide bonds. The number of ether oxygens (including phenoxy) is 1. The monoisotopic (exact) mass is 338 g/mol. The molecule has 0 aliphatic heterocycles. The lowest BCUT2D eigenvalue weighted by Crippen LogP contribution is -2.43. The van der Waals surface area contributed by atoms with Crippen LogP contribution in [0.5, 0.6) is 5.75 Å². The molecule has 0 spiro atoms. The fourth-order valence-electron chi connectivity index (χ4n) is 2.32. The first-order valence-electron chi connectivity index (χ1n) is 7.81. The average molecular weight is 338 g/mol. The third-order valence-corrected chi connectivity index (χ3v) is 3.67. The Morgan fingerprint density at radius 3 is 2.64 bits per heavy atom. The van der Waals surface area contributed by atoms with Gasteiger partial charge in [-0.05, 0) is 43.2 Å². The van der Waals surface area contributed by atoms with Gasteiger partial charge in [0.2, 0.25) is 0 Å². The van der Waals surface area contributed by atoms with E-state index < -0.39 is 11.8 Å². The number of nitrogens with one attached hydrogen (secondary N) is 2. The van der Waals surface area contributed by atoms with Crippen molar-refractivity contribution >= 4 is 22.8 Å². The molecular formula is C19H18N2O4. The predicted octanol–water partition coefficient (Wildman–Crippen LogP) is 2.89. The minimum Gasteiger partial charge on any atom is -0.483 e. The second kappa shape index (κ2) is 7.09.